The summed E-state index contributed by atoms with van der Waals surface area (Å²) in [4.78, 5) is 8.70. The molecule has 2 aromatic heterocycles. The van der Waals surface area contributed by atoms with Gasteiger partial charge in [-0.15, -0.1) is 0 Å². The lowest BCUT2D eigenvalue weighted by molar-refractivity contribution is 0.359. The Morgan fingerprint density at radius 2 is 2.28 bits per heavy atom. The monoisotopic (exact) mass is 246 g/mol. The van der Waals surface area contributed by atoms with Crippen molar-refractivity contribution in [2.75, 3.05) is 6.54 Å². The minimum absolute atomic E-state index is 0.340. The molecule has 2 aromatic rings. The summed E-state index contributed by atoms with van der Waals surface area (Å²) in [6.07, 6.45) is 3.34. The minimum atomic E-state index is 0.340. The molecular weight excluding hydrogens is 228 g/mol. The van der Waals surface area contributed by atoms with Gasteiger partial charge in [0.1, 0.15) is 5.69 Å². The van der Waals surface area contributed by atoms with Gasteiger partial charge < -0.3 is 10.3 Å². The van der Waals surface area contributed by atoms with E-state index in [0.717, 1.165) is 17.7 Å². The maximum absolute atomic E-state index is 5.58. The van der Waals surface area contributed by atoms with Gasteiger partial charge in [0, 0.05) is 12.6 Å². The summed E-state index contributed by atoms with van der Waals surface area (Å²) in [5.41, 5.74) is 7.50. The summed E-state index contributed by atoms with van der Waals surface area (Å²) in [6.45, 7) is 4.75. The second-order valence-corrected chi connectivity index (χ2v) is 4.42. The summed E-state index contributed by atoms with van der Waals surface area (Å²) < 4.78 is 5.23. The Balaban J connectivity index is 2.24. The van der Waals surface area contributed by atoms with E-state index >= 15 is 0 Å². The number of hydrogen-bond acceptors (Lipinski definition) is 5. The first-order chi connectivity index (χ1) is 8.74. The zero-order chi connectivity index (χ0) is 13.0. The molecule has 96 valence electrons. The van der Waals surface area contributed by atoms with E-state index in [2.05, 4.69) is 29.0 Å². The first-order valence-electron chi connectivity index (χ1n) is 6.21. The number of aryl methyl sites for hydroxylation is 1. The number of hydrogen-bond donors (Lipinski definition) is 1. The second-order valence-electron chi connectivity index (χ2n) is 4.42. The molecule has 2 heterocycles. The predicted molar refractivity (Wildman–Crippen MR) is 68.8 cm³/mol. The Kier molecular flexibility index (Phi) is 4.04. The molecular formula is C13H18N4O. The highest BCUT2D eigenvalue weighted by atomic mass is 16.5. The van der Waals surface area contributed by atoms with Gasteiger partial charge in [0.2, 0.25) is 11.7 Å². The number of pyridine rings is 1. The highest BCUT2D eigenvalue weighted by molar-refractivity contribution is 5.53. The van der Waals surface area contributed by atoms with Crippen LogP contribution in [0.15, 0.2) is 22.9 Å². The summed E-state index contributed by atoms with van der Waals surface area (Å²) >= 11 is 0. The lowest BCUT2D eigenvalue weighted by Gasteiger charge is -2.02. The lowest BCUT2D eigenvalue weighted by Crippen LogP contribution is -2.13. The van der Waals surface area contributed by atoms with Gasteiger partial charge in [-0.3, -0.25) is 4.98 Å². The Morgan fingerprint density at radius 3 is 3.00 bits per heavy atom. The van der Waals surface area contributed by atoms with E-state index in [1.165, 1.54) is 0 Å². The summed E-state index contributed by atoms with van der Waals surface area (Å²) in [5.74, 6) is 1.52. The Bertz CT molecular complexity index is 509. The third-order valence-electron chi connectivity index (χ3n) is 2.88. The maximum Gasteiger partial charge on any atom is 0.227 e. The van der Waals surface area contributed by atoms with Crippen molar-refractivity contribution in [3.63, 3.8) is 0 Å². The van der Waals surface area contributed by atoms with Crippen LogP contribution in [0.4, 0.5) is 0 Å². The molecule has 1 unspecified atom stereocenters. The molecule has 0 radical (unpaired) electrons. The summed E-state index contributed by atoms with van der Waals surface area (Å²) in [6, 6.07) is 3.95. The van der Waals surface area contributed by atoms with Gasteiger partial charge in [0.25, 0.3) is 0 Å². The number of aromatic nitrogens is 3. The van der Waals surface area contributed by atoms with Crippen LogP contribution in [-0.4, -0.2) is 21.7 Å². The molecule has 0 bridgehead atoms. The average Bonchev–Trinajstić information content (AvgIpc) is 2.86. The second kappa shape index (κ2) is 5.73. The first kappa shape index (κ1) is 12.7. The normalized spacial score (nSPS) is 12.6. The molecule has 2 rings (SSSR count). The molecule has 0 saturated heterocycles. The van der Waals surface area contributed by atoms with E-state index in [1.807, 2.05) is 12.1 Å². The van der Waals surface area contributed by atoms with E-state index in [-0.39, 0.29) is 0 Å². The topological polar surface area (TPSA) is 77.8 Å². The van der Waals surface area contributed by atoms with Crippen molar-refractivity contribution in [1.29, 1.82) is 0 Å². The van der Waals surface area contributed by atoms with Crippen LogP contribution in [0.2, 0.25) is 0 Å². The van der Waals surface area contributed by atoms with Crippen LogP contribution in [0, 0.1) is 5.92 Å². The van der Waals surface area contributed by atoms with Crippen molar-refractivity contribution < 1.29 is 4.52 Å². The Hall–Kier alpha value is -1.75. The van der Waals surface area contributed by atoms with Crippen molar-refractivity contribution in [2.24, 2.45) is 11.7 Å². The van der Waals surface area contributed by atoms with Crippen molar-refractivity contribution in [3.05, 3.63) is 29.8 Å². The maximum atomic E-state index is 5.58. The Morgan fingerprint density at radius 1 is 1.44 bits per heavy atom. The molecule has 0 aliphatic heterocycles. The van der Waals surface area contributed by atoms with Crippen LogP contribution in [0.1, 0.15) is 25.3 Å². The van der Waals surface area contributed by atoms with Crippen LogP contribution in [-0.2, 0) is 12.8 Å². The average molecular weight is 246 g/mol. The van der Waals surface area contributed by atoms with Crippen molar-refractivity contribution >= 4 is 0 Å². The molecule has 5 nitrogen and oxygen atoms in total. The largest absolute Gasteiger partial charge is 0.339 e. The molecule has 1 atom stereocenters. The van der Waals surface area contributed by atoms with Crippen LogP contribution in [0.25, 0.3) is 11.5 Å². The molecule has 2 N–H and O–H groups in total. The highest BCUT2D eigenvalue weighted by Crippen LogP contribution is 2.19. The first-order valence-corrected chi connectivity index (χ1v) is 6.21. The van der Waals surface area contributed by atoms with Crippen molar-refractivity contribution in [2.45, 2.75) is 26.7 Å². The van der Waals surface area contributed by atoms with Gasteiger partial charge >= 0.3 is 0 Å². The molecule has 0 aromatic carbocycles. The van der Waals surface area contributed by atoms with Crippen molar-refractivity contribution in [3.8, 4) is 11.5 Å². The van der Waals surface area contributed by atoms with Gasteiger partial charge in [-0.05, 0) is 30.5 Å². The number of rotatable bonds is 5. The predicted octanol–water partition coefficient (Wildman–Crippen LogP) is 1.83. The van der Waals surface area contributed by atoms with Gasteiger partial charge in [0.05, 0.1) is 0 Å². The van der Waals surface area contributed by atoms with Crippen LogP contribution in [0.5, 0.6) is 0 Å². The van der Waals surface area contributed by atoms with Gasteiger partial charge in [-0.2, -0.15) is 4.98 Å². The van der Waals surface area contributed by atoms with E-state index < -0.39 is 0 Å². The fourth-order valence-electron chi connectivity index (χ4n) is 1.74. The fourth-order valence-corrected chi connectivity index (χ4v) is 1.74. The van der Waals surface area contributed by atoms with Crippen LogP contribution in [0.3, 0.4) is 0 Å². The zero-order valence-electron chi connectivity index (χ0n) is 10.8. The molecule has 5 heteroatoms. The molecule has 0 aliphatic rings. The summed E-state index contributed by atoms with van der Waals surface area (Å²) in [7, 11) is 0. The van der Waals surface area contributed by atoms with E-state index in [0.29, 0.717) is 30.6 Å². The quantitative estimate of drug-likeness (QED) is 0.870. The summed E-state index contributed by atoms with van der Waals surface area (Å²) in [5, 5.41) is 3.99. The molecule has 18 heavy (non-hydrogen) atoms. The SMILES string of the molecule is CCc1cccnc1-c1noc(CC(C)CN)n1. The van der Waals surface area contributed by atoms with Crippen molar-refractivity contribution in [1.82, 2.24) is 15.1 Å². The zero-order valence-corrected chi connectivity index (χ0v) is 10.8. The molecule has 0 amide bonds. The van der Waals surface area contributed by atoms with E-state index in [4.69, 9.17) is 10.3 Å². The smallest absolute Gasteiger partial charge is 0.227 e. The van der Waals surface area contributed by atoms with Crippen LogP contribution >= 0.6 is 0 Å². The number of nitrogens with zero attached hydrogens (tertiary/aromatic N) is 3. The fraction of sp³-hybridized carbons (Fsp3) is 0.462. The van der Waals surface area contributed by atoms with Crippen LogP contribution < -0.4 is 5.73 Å². The van der Waals surface area contributed by atoms with Gasteiger partial charge in [-0.1, -0.05) is 25.1 Å². The minimum Gasteiger partial charge on any atom is -0.339 e. The third-order valence-corrected chi connectivity index (χ3v) is 2.88. The molecule has 0 aliphatic carbocycles. The van der Waals surface area contributed by atoms with E-state index in [9.17, 15) is 0 Å². The third kappa shape index (κ3) is 2.73. The Labute approximate surface area is 106 Å². The number of nitrogens with two attached hydrogens (primary N) is 1. The van der Waals surface area contributed by atoms with Gasteiger partial charge in [0.15, 0.2) is 0 Å². The van der Waals surface area contributed by atoms with Gasteiger partial charge in [-0.25, -0.2) is 0 Å². The molecule has 0 saturated carbocycles. The highest BCUT2D eigenvalue weighted by Gasteiger charge is 2.14. The lowest BCUT2D eigenvalue weighted by atomic mass is 10.1. The standard InChI is InChI=1S/C13H18N4O/c1-3-10-5-4-6-15-12(10)13-16-11(18-17-13)7-9(2)8-14/h4-6,9H,3,7-8,14H2,1-2H3. The molecule has 0 spiro atoms. The van der Waals surface area contributed by atoms with E-state index in [1.54, 1.807) is 6.20 Å². The molecule has 0 fully saturated rings.